The molecule has 7 heteroatoms. The zero-order valence-corrected chi connectivity index (χ0v) is 20.4. The Balaban J connectivity index is 2.62. The summed E-state index contributed by atoms with van der Waals surface area (Å²) in [6.07, 6.45) is 0. The first-order valence-corrected chi connectivity index (χ1v) is 10.6. The molecule has 1 heterocycles. The largest absolute Gasteiger partial charge is 0.457 e. The highest BCUT2D eigenvalue weighted by atomic mass is 16.6. The zero-order valence-electron chi connectivity index (χ0n) is 20.4. The molecule has 1 amide bonds. The monoisotopic (exact) mass is 442 g/mol. The fourth-order valence-electron chi connectivity index (χ4n) is 3.50. The first kappa shape index (κ1) is 25.2. The van der Waals surface area contributed by atoms with E-state index in [1.807, 2.05) is 0 Å². The average Bonchev–Trinajstić information content (AvgIpc) is 2.57. The molecule has 2 N–H and O–H groups in total. The molecule has 0 aromatic heterocycles. The smallest absolute Gasteiger partial charge is 0.337 e. The second-order valence-corrected chi connectivity index (χ2v) is 9.94. The van der Waals surface area contributed by atoms with E-state index in [9.17, 15) is 14.4 Å². The van der Waals surface area contributed by atoms with Gasteiger partial charge in [-0.05, 0) is 73.1 Å². The molecule has 0 saturated heterocycles. The van der Waals surface area contributed by atoms with Crippen molar-refractivity contribution in [2.24, 2.45) is 0 Å². The van der Waals surface area contributed by atoms with Gasteiger partial charge < -0.3 is 20.1 Å². The Morgan fingerprint density at radius 2 is 1.22 bits per heavy atom. The van der Waals surface area contributed by atoms with Crippen molar-refractivity contribution in [3.63, 3.8) is 0 Å². The number of benzene rings is 1. The lowest BCUT2D eigenvalue weighted by molar-refractivity contribution is -0.150. The van der Waals surface area contributed by atoms with Crippen molar-refractivity contribution in [1.82, 2.24) is 5.32 Å². The van der Waals surface area contributed by atoms with E-state index in [0.29, 0.717) is 33.8 Å². The summed E-state index contributed by atoms with van der Waals surface area (Å²) >= 11 is 0. The Kier molecular flexibility index (Phi) is 7.23. The second kappa shape index (κ2) is 9.18. The average molecular weight is 443 g/mol. The number of carbonyl (C=O) groups is 3. The van der Waals surface area contributed by atoms with Gasteiger partial charge in [-0.2, -0.15) is 0 Å². The quantitative estimate of drug-likeness (QED) is 0.664. The standard InChI is InChI=1S/C25H34N2O5/c1-14-19(22(29)31-24(4,5)6)21(17-10-12-18(13-11-17)27-16(3)28)20(15(2)26-14)23(30)32-25(7,8)9/h10-13,21,26H,1-9H3,(H,27,28). The molecular formula is C25H34N2O5. The van der Waals surface area contributed by atoms with E-state index < -0.39 is 29.1 Å². The number of amides is 1. The van der Waals surface area contributed by atoms with Gasteiger partial charge in [0.1, 0.15) is 11.2 Å². The van der Waals surface area contributed by atoms with E-state index in [0.717, 1.165) is 0 Å². The van der Waals surface area contributed by atoms with Crippen LogP contribution >= 0.6 is 0 Å². The maximum absolute atomic E-state index is 13.2. The molecule has 1 aliphatic rings. The topological polar surface area (TPSA) is 93.7 Å². The number of nitrogens with one attached hydrogen (secondary N) is 2. The second-order valence-electron chi connectivity index (χ2n) is 9.94. The summed E-state index contributed by atoms with van der Waals surface area (Å²) in [6.45, 7) is 15.8. The minimum atomic E-state index is -0.702. The van der Waals surface area contributed by atoms with Crippen molar-refractivity contribution < 1.29 is 23.9 Å². The number of ether oxygens (including phenoxy) is 2. The summed E-state index contributed by atoms with van der Waals surface area (Å²) in [5, 5.41) is 5.87. The Morgan fingerprint density at radius 1 is 0.812 bits per heavy atom. The van der Waals surface area contributed by atoms with Crippen LogP contribution in [0.2, 0.25) is 0 Å². The van der Waals surface area contributed by atoms with E-state index in [1.165, 1.54) is 6.92 Å². The highest BCUT2D eigenvalue weighted by molar-refractivity contribution is 6.00. The minimum Gasteiger partial charge on any atom is -0.457 e. The van der Waals surface area contributed by atoms with Crippen LogP contribution in [0.4, 0.5) is 5.69 Å². The number of dihydropyridines is 1. The van der Waals surface area contributed by atoms with Gasteiger partial charge in [-0.25, -0.2) is 9.59 Å². The summed E-state index contributed by atoms with van der Waals surface area (Å²) in [5.74, 6) is -1.89. The first-order valence-electron chi connectivity index (χ1n) is 10.6. The van der Waals surface area contributed by atoms with Crippen molar-refractivity contribution in [3.8, 4) is 0 Å². The van der Waals surface area contributed by atoms with Gasteiger partial charge in [0.05, 0.1) is 17.1 Å². The summed E-state index contributed by atoms with van der Waals surface area (Å²) in [5.41, 5.74) is 1.84. The van der Waals surface area contributed by atoms with Gasteiger partial charge in [-0.3, -0.25) is 4.79 Å². The van der Waals surface area contributed by atoms with Crippen molar-refractivity contribution >= 4 is 23.5 Å². The molecule has 0 fully saturated rings. The van der Waals surface area contributed by atoms with Crippen LogP contribution < -0.4 is 10.6 Å². The number of carbonyl (C=O) groups excluding carboxylic acids is 3. The molecule has 1 aromatic rings. The fourth-order valence-corrected chi connectivity index (χ4v) is 3.50. The highest BCUT2D eigenvalue weighted by Gasteiger charge is 2.39. The van der Waals surface area contributed by atoms with E-state index in [2.05, 4.69) is 10.6 Å². The van der Waals surface area contributed by atoms with Crippen LogP contribution in [0.5, 0.6) is 0 Å². The van der Waals surface area contributed by atoms with Crippen LogP contribution in [0, 0.1) is 0 Å². The van der Waals surface area contributed by atoms with Gasteiger partial charge in [0.25, 0.3) is 0 Å². The van der Waals surface area contributed by atoms with Gasteiger partial charge >= 0.3 is 11.9 Å². The van der Waals surface area contributed by atoms with Crippen LogP contribution in [0.25, 0.3) is 0 Å². The van der Waals surface area contributed by atoms with E-state index >= 15 is 0 Å². The van der Waals surface area contributed by atoms with E-state index in [1.54, 1.807) is 79.7 Å². The molecule has 0 atom stereocenters. The highest BCUT2D eigenvalue weighted by Crippen LogP contribution is 2.40. The predicted molar refractivity (Wildman–Crippen MR) is 124 cm³/mol. The predicted octanol–water partition coefficient (Wildman–Crippen LogP) is 4.56. The summed E-state index contributed by atoms with van der Waals surface area (Å²) < 4.78 is 11.3. The molecule has 0 unspecified atom stereocenters. The van der Waals surface area contributed by atoms with Gasteiger partial charge in [0.2, 0.25) is 5.91 Å². The van der Waals surface area contributed by atoms with Crippen LogP contribution in [0.15, 0.2) is 46.8 Å². The molecule has 0 spiro atoms. The number of anilines is 1. The van der Waals surface area contributed by atoms with Crippen molar-refractivity contribution in [2.45, 2.75) is 79.4 Å². The van der Waals surface area contributed by atoms with E-state index in [-0.39, 0.29) is 5.91 Å². The van der Waals surface area contributed by atoms with Crippen LogP contribution in [0.1, 0.15) is 73.8 Å². The van der Waals surface area contributed by atoms with Crippen LogP contribution in [0.3, 0.4) is 0 Å². The lowest BCUT2D eigenvalue weighted by Crippen LogP contribution is -2.36. The zero-order chi connectivity index (χ0) is 24.4. The third kappa shape index (κ3) is 6.45. The maximum atomic E-state index is 13.2. The summed E-state index contributed by atoms with van der Waals surface area (Å²) in [4.78, 5) is 37.8. The lowest BCUT2D eigenvalue weighted by atomic mass is 9.80. The van der Waals surface area contributed by atoms with Crippen LogP contribution in [-0.2, 0) is 23.9 Å². The number of rotatable bonds is 4. The Labute approximate surface area is 190 Å². The molecule has 174 valence electrons. The molecular weight excluding hydrogens is 408 g/mol. The lowest BCUT2D eigenvalue weighted by Gasteiger charge is -2.33. The summed E-state index contributed by atoms with van der Waals surface area (Å²) in [7, 11) is 0. The Morgan fingerprint density at radius 3 is 1.56 bits per heavy atom. The molecule has 1 aromatic carbocycles. The number of esters is 2. The molecule has 7 nitrogen and oxygen atoms in total. The SMILES string of the molecule is CC(=O)Nc1ccc(C2C(C(=O)OC(C)(C)C)=C(C)NC(C)=C2C(=O)OC(C)(C)C)cc1. The Bertz CT molecular complexity index is 923. The Hall–Kier alpha value is -3.09. The molecule has 2 rings (SSSR count). The van der Waals surface area contributed by atoms with Gasteiger partial charge in [-0.15, -0.1) is 0 Å². The number of allylic oxidation sites excluding steroid dienone is 2. The minimum absolute atomic E-state index is 0.185. The molecule has 0 bridgehead atoms. The van der Waals surface area contributed by atoms with E-state index in [4.69, 9.17) is 9.47 Å². The number of hydrogen-bond acceptors (Lipinski definition) is 6. The fraction of sp³-hybridized carbons (Fsp3) is 0.480. The van der Waals surface area contributed by atoms with Crippen LogP contribution in [-0.4, -0.2) is 29.0 Å². The first-order chi connectivity index (χ1) is 14.6. The van der Waals surface area contributed by atoms with Gasteiger partial charge in [0.15, 0.2) is 0 Å². The third-order valence-corrected chi connectivity index (χ3v) is 4.56. The molecule has 32 heavy (non-hydrogen) atoms. The molecule has 0 radical (unpaired) electrons. The third-order valence-electron chi connectivity index (χ3n) is 4.56. The van der Waals surface area contributed by atoms with Gasteiger partial charge in [-0.1, -0.05) is 12.1 Å². The maximum Gasteiger partial charge on any atom is 0.337 e. The molecule has 1 aliphatic heterocycles. The van der Waals surface area contributed by atoms with Crippen molar-refractivity contribution in [1.29, 1.82) is 0 Å². The normalized spacial score (nSPS) is 15.3. The molecule has 0 saturated carbocycles. The number of hydrogen-bond donors (Lipinski definition) is 2. The van der Waals surface area contributed by atoms with Gasteiger partial charge in [0, 0.05) is 24.0 Å². The molecule has 0 aliphatic carbocycles. The van der Waals surface area contributed by atoms with Crippen molar-refractivity contribution in [3.05, 3.63) is 52.4 Å². The summed E-state index contributed by atoms with van der Waals surface area (Å²) in [6, 6.07) is 7.05. The van der Waals surface area contributed by atoms with Crippen molar-refractivity contribution in [2.75, 3.05) is 5.32 Å².